The summed E-state index contributed by atoms with van der Waals surface area (Å²) in [5, 5.41) is 4.17. The number of thioether (sulfide) groups is 1. The molecular formula is C13H20N2O2S. The molecule has 18 heavy (non-hydrogen) atoms. The van der Waals surface area contributed by atoms with Gasteiger partial charge in [0.1, 0.15) is 0 Å². The van der Waals surface area contributed by atoms with E-state index in [1.54, 1.807) is 6.92 Å². The van der Waals surface area contributed by atoms with Crippen LogP contribution >= 0.6 is 11.8 Å². The number of pyridine rings is 1. The number of hydrogen-bond acceptors (Lipinski definition) is 5. The van der Waals surface area contributed by atoms with Crippen molar-refractivity contribution in [2.45, 2.75) is 31.8 Å². The Morgan fingerprint density at radius 3 is 2.89 bits per heavy atom. The lowest BCUT2D eigenvalue weighted by Crippen LogP contribution is -2.13. The molecule has 4 nitrogen and oxygen atoms in total. The highest BCUT2D eigenvalue weighted by Gasteiger charge is 2.04. The number of esters is 1. The number of ether oxygens (including phenoxy) is 1. The Kier molecular flexibility index (Phi) is 7.44. The van der Waals surface area contributed by atoms with Crippen LogP contribution in [0.2, 0.25) is 0 Å². The Balaban J connectivity index is 2.33. The molecule has 5 heteroatoms. The Labute approximate surface area is 113 Å². The van der Waals surface area contributed by atoms with E-state index in [1.807, 2.05) is 18.3 Å². The van der Waals surface area contributed by atoms with Crippen LogP contribution in [0.4, 0.5) is 0 Å². The largest absolute Gasteiger partial charge is 0.465 e. The lowest BCUT2D eigenvalue weighted by Gasteiger charge is -2.04. The first kappa shape index (κ1) is 15.0. The van der Waals surface area contributed by atoms with Crippen molar-refractivity contribution in [1.82, 2.24) is 10.3 Å². The fourth-order valence-electron chi connectivity index (χ4n) is 1.35. The second-order valence-corrected chi connectivity index (χ2v) is 4.77. The summed E-state index contributed by atoms with van der Waals surface area (Å²) in [6.45, 7) is 6.22. The Morgan fingerprint density at radius 2 is 2.28 bits per heavy atom. The van der Waals surface area contributed by atoms with Crippen LogP contribution in [0.1, 0.15) is 25.8 Å². The van der Waals surface area contributed by atoms with Crippen LogP contribution in [0.3, 0.4) is 0 Å². The number of nitrogens with zero attached hydrogens (tertiary/aromatic N) is 1. The first-order chi connectivity index (χ1) is 8.76. The SMILES string of the molecule is CCCNCc1ccc(SCC(=O)OCC)nc1. The van der Waals surface area contributed by atoms with Crippen LogP contribution in [0, 0.1) is 0 Å². The van der Waals surface area contributed by atoms with E-state index in [0.29, 0.717) is 12.4 Å². The summed E-state index contributed by atoms with van der Waals surface area (Å²) >= 11 is 1.40. The Morgan fingerprint density at radius 1 is 1.44 bits per heavy atom. The highest BCUT2D eigenvalue weighted by Crippen LogP contribution is 2.15. The molecule has 0 atom stereocenters. The van der Waals surface area contributed by atoms with E-state index in [9.17, 15) is 4.79 Å². The van der Waals surface area contributed by atoms with Gasteiger partial charge in [-0.3, -0.25) is 4.79 Å². The van der Waals surface area contributed by atoms with Gasteiger partial charge in [0, 0.05) is 12.7 Å². The molecule has 0 saturated carbocycles. The third-order valence-corrected chi connectivity index (χ3v) is 3.11. The highest BCUT2D eigenvalue weighted by molar-refractivity contribution is 7.99. The first-order valence-corrected chi connectivity index (χ1v) is 7.18. The standard InChI is InChI=1S/C13H20N2O2S/c1-3-7-14-8-11-5-6-12(15-9-11)18-10-13(16)17-4-2/h5-6,9,14H,3-4,7-8,10H2,1-2H3. The van der Waals surface area contributed by atoms with Crippen molar-refractivity contribution in [2.24, 2.45) is 0 Å². The van der Waals surface area contributed by atoms with Crippen LogP contribution in [0.25, 0.3) is 0 Å². The second kappa shape index (κ2) is 8.94. The van der Waals surface area contributed by atoms with E-state index in [-0.39, 0.29) is 5.97 Å². The van der Waals surface area contributed by atoms with Gasteiger partial charge in [0.2, 0.25) is 0 Å². The molecule has 0 bridgehead atoms. The van der Waals surface area contributed by atoms with Crippen LogP contribution in [-0.2, 0) is 16.1 Å². The molecule has 1 aromatic rings. The Hall–Kier alpha value is -1.07. The van der Waals surface area contributed by atoms with Crippen molar-refractivity contribution in [3.63, 3.8) is 0 Å². The van der Waals surface area contributed by atoms with Gasteiger partial charge in [-0.15, -0.1) is 0 Å². The van der Waals surface area contributed by atoms with E-state index < -0.39 is 0 Å². The molecule has 0 radical (unpaired) electrons. The number of nitrogens with one attached hydrogen (secondary N) is 1. The topological polar surface area (TPSA) is 51.2 Å². The number of aromatic nitrogens is 1. The molecule has 0 fully saturated rings. The molecule has 0 aromatic carbocycles. The minimum Gasteiger partial charge on any atom is -0.465 e. The minimum atomic E-state index is -0.196. The van der Waals surface area contributed by atoms with Crippen LogP contribution in [0.5, 0.6) is 0 Å². The maximum Gasteiger partial charge on any atom is 0.316 e. The summed E-state index contributed by atoms with van der Waals surface area (Å²) in [4.78, 5) is 15.5. The molecule has 1 heterocycles. The van der Waals surface area contributed by atoms with Gasteiger partial charge in [0.05, 0.1) is 17.4 Å². The molecule has 0 saturated heterocycles. The third-order valence-electron chi connectivity index (χ3n) is 2.20. The van der Waals surface area contributed by atoms with Crippen molar-refractivity contribution < 1.29 is 9.53 Å². The lowest BCUT2D eigenvalue weighted by atomic mass is 10.3. The minimum absolute atomic E-state index is 0.196. The zero-order valence-electron chi connectivity index (χ0n) is 10.9. The molecule has 0 amide bonds. The van der Waals surface area contributed by atoms with Crippen molar-refractivity contribution in [1.29, 1.82) is 0 Å². The molecule has 0 spiro atoms. The fourth-order valence-corrected chi connectivity index (χ4v) is 1.99. The van der Waals surface area contributed by atoms with Gasteiger partial charge >= 0.3 is 5.97 Å². The van der Waals surface area contributed by atoms with Gasteiger partial charge in [-0.1, -0.05) is 24.8 Å². The summed E-state index contributed by atoms with van der Waals surface area (Å²) in [6, 6.07) is 3.97. The normalized spacial score (nSPS) is 10.3. The highest BCUT2D eigenvalue weighted by atomic mass is 32.2. The van der Waals surface area contributed by atoms with E-state index in [4.69, 9.17) is 4.74 Å². The van der Waals surface area contributed by atoms with Crippen LogP contribution in [-0.4, -0.2) is 29.9 Å². The lowest BCUT2D eigenvalue weighted by molar-refractivity contribution is -0.139. The van der Waals surface area contributed by atoms with Gasteiger partial charge in [0.15, 0.2) is 0 Å². The van der Waals surface area contributed by atoms with Gasteiger partial charge in [0.25, 0.3) is 0 Å². The van der Waals surface area contributed by atoms with Gasteiger partial charge in [-0.05, 0) is 31.5 Å². The maximum atomic E-state index is 11.2. The number of carbonyl (C=O) groups excluding carboxylic acids is 1. The van der Waals surface area contributed by atoms with E-state index in [0.717, 1.165) is 30.1 Å². The van der Waals surface area contributed by atoms with Crippen molar-refractivity contribution in [2.75, 3.05) is 18.9 Å². The molecule has 0 aliphatic carbocycles. The monoisotopic (exact) mass is 268 g/mol. The predicted molar refractivity (Wildman–Crippen MR) is 73.6 cm³/mol. The first-order valence-electron chi connectivity index (χ1n) is 6.20. The van der Waals surface area contributed by atoms with Crippen molar-refractivity contribution >= 4 is 17.7 Å². The molecule has 0 aliphatic heterocycles. The third kappa shape index (κ3) is 6.02. The molecule has 1 aromatic heterocycles. The summed E-state index contributed by atoms with van der Waals surface area (Å²) < 4.78 is 4.86. The average Bonchev–Trinajstić information content (AvgIpc) is 2.38. The van der Waals surface area contributed by atoms with Crippen LogP contribution < -0.4 is 5.32 Å². The molecular weight excluding hydrogens is 248 g/mol. The molecule has 0 unspecified atom stereocenters. The van der Waals surface area contributed by atoms with E-state index in [1.165, 1.54) is 11.8 Å². The Bertz CT molecular complexity index is 355. The zero-order chi connectivity index (χ0) is 13.2. The second-order valence-electron chi connectivity index (χ2n) is 3.78. The molecule has 1 rings (SSSR count). The summed E-state index contributed by atoms with van der Waals surface area (Å²) in [6.07, 6.45) is 2.97. The van der Waals surface area contributed by atoms with Gasteiger partial charge in [-0.2, -0.15) is 0 Å². The van der Waals surface area contributed by atoms with E-state index in [2.05, 4.69) is 17.2 Å². The predicted octanol–water partition coefficient (Wildman–Crippen LogP) is 2.24. The average molecular weight is 268 g/mol. The van der Waals surface area contributed by atoms with Crippen molar-refractivity contribution in [3.8, 4) is 0 Å². The van der Waals surface area contributed by atoms with Gasteiger partial charge in [-0.25, -0.2) is 4.98 Å². The van der Waals surface area contributed by atoms with Crippen molar-refractivity contribution in [3.05, 3.63) is 23.9 Å². The number of hydrogen-bond donors (Lipinski definition) is 1. The molecule has 100 valence electrons. The summed E-state index contributed by atoms with van der Waals surface area (Å²) in [5.41, 5.74) is 1.16. The fraction of sp³-hybridized carbons (Fsp3) is 0.538. The number of carbonyl (C=O) groups is 1. The van der Waals surface area contributed by atoms with Gasteiger partial charge < -0.3 is 10.1 Å². The van der Waals surface area contributed by atoms with E-state index >= 15 is 0 Å². The summed E-state index contributed by atoms with van der Waals surface area (Å²) in [7, 11) is 0. The van der Waals surface area contributed by atoms with Crippen LogP contribution in [0.15, 0.2) is 23.4 Å². The smallest absolute Gasteiger partial charge is 0.316 e. The number of rotatable bonds is 8. The molecule has 0 aliphatic rings. The maximum absolute atomic E-state index is 11.2. The summed E-state index contributed by atoms with van der Waals surface area (Å²) in [5.74, 6) is 0.117. The quantitative estimate of drug-likeness (QED) is 0.445. The zero-order valence-corrected chi connectivity index (χ0v) is 11.8. The molecule has 1 N–H and O–H groups in total.